The molecule has 1 heteroatoms. The number of hydrogen-bond donors (Lipinski definition) is 0. The lowest BCUT2D eigenvalue weighted by Crippen LogP contribution is -2.34. The molecule has 1 nitrogen and oxygen atoms in total. The Morgan fingerprint density at radius 3 is 2.38 bits per heavy atom. The summed E-state index contributed by atoms with van der Waals surface area (Å²) < 4.78 is 0. The molecule has 0 aromatic carbocycles. The number of rotatable bonds is 2. The molecule has 0 fully saturated rings. The van der Waals surface area contributed by atoms with Crippen LogP contribution in [0.4, 0.5) is 0 Å². The quantitative estimate of drug-likeness (QED) is 0.501. The topological polar surface area (TPSA) is 17.1 Å². The van der Waals surface area contributed by atoms with E-state index in [-0.39, 0.29) is 17.1 Å². The van der Waals surface area contributed by atoms with Crippen molar-refractivity contribution >= 4 is 5.78 Å². The van der Waals surface area contributed by atoms with Gasteiger partial charge in [0.1, 0.15) is 0 Å². The van der Waals surface area contributed by atoms with Gasteiger partial charge in [0.25, 0.3) is 0 Å². The van der Waals surface area contributed by atoms with E-state index in [4.69, 9.17) is 0 Å². The van der Waals surface area contributed by atoms with Crippen LogP contribution >= 0.6 is 0 Å². The van der Waals surface area contributed by atoms with Crippen LogP contribution in [0.3, 0.4) is 0 Å². The normalized spacial score (nSPS) is 24.2. The monoisotopic (exact) mass is 220 g/mol. The molecule has 0 saturated heterocycles. The Balaban J connectivity index is 3.11. The third kappa shape index (κ3) is 2.63. The van der Waals surface area contributed by atoms with Crippen molar-refractivity contribution in [2.45, 2.75) is 54.4 Å². The van der Waals surface area contributed by atoms with Crippen molar-refractivity contribution in [3.05, 3.63) is 22.8 Å². The van der Waals surface area contributed by atoms with Crippen LogP contribution in [-0.4, -0.2) is 5.78 Å². The first-order valence-corrected chi connectivity index (χ1v) is 6.10. The molecule has 1 aliphatic carbocycles. The molecule has 0 saturated carbocycles. The largest absolute Gasteiger partial charge is 0.294 e. The third-order valence-corrected chi connectivity index (χ3v) is 3.75. The average Bonchev–Trinajstić information content (AvgIpc) is 2.10. The van der Waals surface area contributed by atoms with E-state index in [1.54, 1.807) is 6.08 Å². The van der Waals surface area contributed by atoms with Gasteiger partial charge in [-0.2, -0.15) is 0 Å². The fourth-order valence-corrected chi connectivity index (χ4v) is 2.65. The predicted octanol–water partition coefficient (Wildman–Crippen LogP) is 4.29. The molecule has 0 N–H and O–H groups in total. The van der Waals surface area contributed by atoms with E-state index in [0.29, 0.717) is 0 Å². The highest BCUT2D eigenvalue weighted by Crippen LogP contribution is 2.44. The van der Waals surface area contributed by atoms with E-state index >= 15 is 0 Å². The summed E-state index contributed by atoms with van der Waals surface area (Å²) in [6.07, 6.45) is 4.05. The molecular weight excluding hydrogens is 196 g/mol. The molecule has 0 aromatic rings. The first kappa shape index (κ1) is 13.2. The molecular formula is C15H24O. The summed E-state index contributed by atoms with van der Waals surface area (Å²) in [7, 11) is 0. The molecule has 1 unspecified atom stereocenters. The Kier molecular flexibility index (Phi) is 3.77. The lowest BCUT2D eigenvalue weighted by molar-refractivity contribution is -0.120. The molecule has 0 bridgehead atoms. The van der Waals surface area contributed by atoms with Gasteiger partial charge in [0.05, 0.1) is 0 Å². The van der Waals surface area contributed by atoms with Crippen molar-refractivity contribution in [3.8, 4) is 0 Å². The highest BCUT2D eigenvalue weighted by molar-refractivity contribution is 5.95. The van der Waals surface area contributed by atoms with E-state index in [0.717, 1.165) is 18.4 Å². The van der Waals surface area contributed by atoms with Crippen LogP contribution < -0.4 is 0 Å². The standard InChI is InChI=1S/C15H24O/c1-10(2)9-13(16)14-12(4)11(3)7-8-15(14,5)6/h9,14H,7-8H2,1-6H3. The summed E-state index contributed by atoms with van der Waals surface area (Å²) in [6, 6.07) is 0. The zero-order valence-corrected chi connectivity index (χ0v) is 11.5. The summed E-state index contributed by atoms with van der Waals surface area (Å²) >= 11 is 0. The first-order valence-electron chi connectivity index (χ1n) is 6.10. The molecule has 1 rings (SSSR count). The maximum absolute atomic E-state index is 12.3. The SMILES string of the molecule is CC(C)=CC(=O)C1C(C)=C(C)CCC1(C)C. The number of allylic oxidation sites excluding steroid dienone is 4. The van der Waals surface area contributed by atoms with Crippen LogP contribution in [-0.2, 0) is 4.79 Å². The second kappa shape index (κ2) is 4.57. The van der Waals surface area contributed by atoms with E-state index in [1.165, 1.54) is 11.1 Å². The smallest absolute Gasteiger partial charge is 0.163 e. The van der Waals surface area contributed by atoms with Gasteiger partial charge in [-0.15, -0.1) is 0 Å². The molecule has 0 aliphatic heterocycles. The number of hydrogen-bond acceptors (Lipinski definition) is 1. The van der Waals surface area contributed by atoms with E-state index in [2.05, 4.69) is 27.7 Å². The molecule has 90 valence electrons. The molecule has 16 heavy (non-hydrogen) atoms. The van der Waals surface area contributed by atoms with E-state index in [9.17, 15) is 4.79 Å². The highest BCUT2D eigenvalue weighted by Gasteiger charge is 2.38. The van der Waals surface area contributed by atoms with Gasteiger partial charge in [0, 0.05) is 5.92 Å². The van der Waals surface area contributed by atoms with Crippen LogP contribution in [0, 0.1) is 11.3 Å². The van der Waals surface area contributed by atoms with Crippen molar-refractivity contribution in [2.75, 3.05) is 0 Å². The zero-order valence-electron chi connectivity index (χ0n) is 11.5. The Morgan fingerprint density at radius 2 is 1.88 bits per heavy atom. The summed E-state index contributed by atoms with van der Waals surface area (Å²) in [4.78, 5) is 12.3. The van der Waals surface area contributed by atoms with Crippen LogP contribution in [0.1, 0.15) is 54.4 Å². The van der Waals surface area contributed by atoms with Gasteiger partial charge in [-0.1, -0.05) is 30.6 Å². The summed E-state index contributed by atoms with van der Waals surface area (Å²) in [5.41, 5.74) is 3.89. The molecule has 1 atom stereocenters. The highest BCUT2D eigenvalue weighted by atomic mass is 16.1. The van der Waals surface area contributed by atoms with Gasteiger partial charge >= 0.3 is 0 Å². The van der Waals surface area contributed by atoms with Crippen LogP contribution in [0.2, 0.25) is 0 Å². The van der Waals surface area contributed by atoms with Gasteiger partial charge in [0.2, 0.25) is 0 Å². The molecule has 0 aromatic heterocycles. The lowest BCUT2D eigenvalue weighted by atomic mass is 9.65. The molecule has 0 radical (unpaired) electrons. The van der Waals surface area contributed by atoms with Crippen molar-refractivity contribution in [1.82, 2.24) is 0 Å². The summed E-state index contributed by atoms with van der Waals surface area (Å²) in [6.45, 7) is 12.7. The molecule has 0 spiro atoms. The molecule has 0 heterocycles. The van der Waals surface area contributed by atoms with Gasteiger partial charge < -0.3 is 0 Å². The van der Waals surface area contributed by atoms with Crippen LogP contribution in [0.25, 0.3) is 0 Å². The fourth-order valence-electron chi connectivity index (χ4n) is 2.65. The minimum absolute atomic E-state index is 0.0798. The molecule has 0 amide bonds. The van der Waals surface area contributed by atoms with Gasteiger partial charge in [-0.05, 0) is 52.0 Å². The Bertz CT molecular complexity index is 352. The minimum atomic E-state index is 0.0798. The second-order valence-corrected chi connectivity index (χ2v) is 6.01. The lowest BCUT2D eigenvalue weighted by Gasteiger charge is -2.38. The van der Waals surface area contributed by atoms with Crippen LogP contribution in [0.5, 0.6) is 0 Å². The van der Waals surface area contributed by atoms with Gasteiger partial charge in [-0.3, -0.25) is 4.79 Å². The zero-order chi connectivity index (χ0) is 12.5. The fraction of sp³-hybridized carbons (Fsp3) is 0.667. The van der Waals surface area contributed by atoms with Gasteiger partial charge in [-0.25, -0.2) is 0 Å². The Labute approximate surface area is 99.6 Å². The number of carbonyl (C=O) groups excluding carboxylic acids is 1. The first-order chi connectivity index (χ1) is 7.25. The van der Waals surface area contributed by atoms with E-state index < -0.39 is 0 Å². The maximum Gasteiger partial charge on any atom is 0.163 e. The Morgan fingerprint density at radius 1 is 1.31 bits per heavy atom. The summed E-state index contributed by atoms with van der Waals surface area (Å²) in [5.74, 6) is 0.359. The minimum Gasteiger partial charge on any atom is -0.294 e. The van der Waals surface area contributed by atoms with Gasteiger partial charge in [0.15, 0.2) is 5.78 Å². The second-order valence-electron chi connectivity index (χ2n) is 6.01. The van der Waals surface area contributed by atoms with Crippen molar-refractivity contribution in [1.29, 1.82) is 0 Å². The molecule has 1 aliphatic rings. The van der Waals surface area contributed by atoms with Crippen LogP contribution in [0.15, 0.2) is 22.8 Å². The predicted molar refractivity (Wildman–Crippen MR) is 69.3 cm³/mol. The third-order valence-electron chi connectivity index (χ3n) is 3.75. The van der Waals surface area contributed by atoms with Crippen molar-refractivity contribution in [3.63, 3.8) is 0 Å². The number of ketones is 1. The van der Waals surface area contributed by atoms with E-state index in [1.807, 2.05) is 13.8 Å². The Hall–Kier alpha value is -0.850. The number of carbonyl (C=O) groups is 1. The average molecular weight is 220 g/mol. The van der Waals surface area contributed by atoms with Crippen molar-refractivity contribution < 1.29 is 4.79 Å². The maximum atomic E-state index is 12.3. The van der Waals surface area contributed by atoms with Crippen molar-refractivity contribution in [2.24, 2.45) is 11.3 Å². The summed E-state index contributed by atoms with van der Waals surface area (Å²) in [5, 5.41) is 0.